The van der Waals surface area contributed by atoms with E-state index in [1.165, 1.54) is 0 Å². The second-order valence-electron chi connectivity index (χ2n) is 4.49. The normalized spacial score (nSPS) is 12.3. The fraction of sp³-hybridized carbons (Fsp3) is 0.267. The average Bonchev–Trinajstić information content (AvgIpc) is 2.40. The van der Waals surface area contributed by atoms with Crippen LogP contribution in [0.15, 0.2) is 42.6 Å². The fourth-order valence-corrected chi connectivity index (χ4v) is 1.86. The van der Waals surface area contributed by atoms with Gasteiger partial charge in [-0.25, -0.2) is 0 Å². The topological polar surface area (TPSA) is 45.1 Å². The van der Waals surface area contributed by atoms with Crippen LogP contribution in [-0.4, -0.2) is 10.1 Å². The second-order valence-corrected chi connectivity index (χ2v) is 4.49. The SMILES string of the molecule is Cc1ccc(O)c(CN[C@@H](C)c2ccccn2)c1. The van der Waals surface area contributed by atoms with E-state index in [1.807, 2.05) is 37.3 Å². The Labute approximate surface area is 108 Å². The maximum atomic E-state index is 9.76. The number of nitrogens with zero attached hydrogens (tertiary/aromatic N) is 1. The first-order valence-corrected chi connectivity index (χ1v) is 6.09. The summed E-state index contributed by atoms with van der Waals surface area (Å²) in [7, 11) is 0. The highest BCUT2D eigenvalue weighted by atomic mass is 16.3. The highest BCUT2D eigenvalue weighted by molar-refractivity contribution is 5.35. The Bertz CT molecular complexity index is 511. The largest absolute Gasteiger partial charge is 0.508 e. The average molecular weight is 242 g/mol. The van der Waals surface area contributed by atoms with Crippen molar-refractivity contribution in [1.82, 2.24) is 10.3 Å². The lowest BCUT2D eigenvalue weighted by Gasteiger charge is -2.14. The summed E-state index contributed by atoms with van der Waals surface area (Å²) in [6, 6.07) is 11.7. The number of hydrogen-bond acceptors (Lipinski definition) is 3. The molecule has 1 atom stereocenters. The zero-order valence-electron chi connectivity index (χ0n) is 10.7. The number of aromatic nitrogens is 1. The molecule has 94 valence electrons. The van der Waals surface area contributed by atoms with E-state index in [1.54, 1.807) is 12.3 Å². The molecular weight excluding hydrogens is 224 g/mol. The predicted molar refractivity (Wildman–Crippen MR) is 72.3 cm³/mol. The van der Waals surface area contributed by atoms with Gasteiger partial charge in [-0.3, -0.25) is 4.98 Å². The van der Waals surface area contributed by atoms with Crippen LogP contribution in [0.4, 0.5) is 0 Å². The van der Waals surface area contributed by atoms with Gasteiger partial charge in [-0.2, -0.15) is 0 Å². The highest BCUT2D eigenvalue weighted by Crippen LogP contribution is 2.19. The number of hydrogen-bond donors (Lipinski definition) is 2. The molecule has 1 aromatic heterocycles. The van der Waals surface area contributed by atoms with Crippen LogP contribution in [0.25, 0.3) is 0 Å². The summed E-state index contributed by atoms with van der Waals surface area (Å²) >= 11 is 0. The van der Waals surface area contributed by atoms with Gasteiger partial charge in [0.1, 0.15) is 5.75 Å². The maximum absolute atomic E-state index is 9.76. The molecule has 1 heterocycles. The molecule has 0 aliphatic rings. The molecule has 0 aliphatic carbocycles. The van der Waals surface area contributed by atoms with E-state index in [0.29, 0.717) is 12.3 Å². The van der Waals surface area contributed by atoms with Crippen LogP contribution < -0.4 is 5.32 Å². The molecule has 0 bridgehead atoms. The molecule has 0 saturated heterocycles. The summed E-state index contributed by atoms with van der Waals surface area (Å²) in [6.07, 6.45) is 1.79. The number of aryl methyl sites for hydroxylation is 1. The van der Waals surface area contributed by atoms with Crippen molar-refractivity contribution in [3.63, 3.8) is 0 Å². The van der Waals surface area contributed by atoms with Crippen molar-refractivity contribution >= 4 is 0 Å². The van der Waals surface area contributed by atoms with Gasteiger partial charge in [0.25, 0.3) is 0 Å². The molecule has 18 heavy (non-hydrogen) atoms. The van der Waals surface area contributed by atoms with Crippen LogP contribution in [0, 0.1) is 6.92 Å². The van der Waals surface area contributed by atoms with Crippen molar-refractivity contribution in [2.24, 2.45) is 0 Å². The van der Waals surface area contributed by atoms with Gasteiger partial charge in [0.05, 0.1) is 5.69 Å². The van der Waals surface area contributed by atoms with Crippen LogP contribution in [0.3, 0.4) is 0 Å². The van der Waals surface area contributed by atoms with Crippen molar-refractivity contribution < 1.29 is 5.11 Å². The van der Waals surface area contributed by atoms with Crippen molar-refractivity contribution in [2.45, 2.75) is 26.4 Å². The summed E-state index contributed by atoms with van der Waals surface area (Å²) in [5.41, 5.74) is 3.07. The molecule has 0 aliphatic heterocycles. The molecule has 2 rings (SSSR count). The Kier molecular flexibility index (Phi) is 3.95. The lowest BCUT2D eigenvalue weighted by molar-refractivity contribution is 0.459. The molecule has 0 amide bonds. The molecule has 0 saturated carbocycles. The Morgan fingerprint density at radius 3 is 2.83 bits per heavy atom. The molecule has 3 nitrogen and oxygen atoms in total. The number of pyridine rings is 1. The number of phenols is 1. The lowest BCUT2D eigenvalue weighted by Crippen LogP contribution is -2.19. The van der Waals surface area contributed by atoms with Gasteiger partial charge >= 0.3 is 0 Å². The van der Waals surface area contributed by atoms with E-state index in [-0.39, 0.29) is 6.04 Å². The van der Waals surface area contributed by atoms with Gasteiger partial charge in [-0.1, -0.05) is 23.8 Å². The third-order valence-corrected chi connectivity index (χ3v) is 2.97. The second kappa shape index (κ2) is 5.65. The first-order valence-electron chi connectivity index (χ1n) is 6.09. The van der Waals surface area contributed by atoms with Gasteiger partial charge in [0.2, 0.25) is 0 Å². The smallest absolute Gasteiger partial charge is 0.120 e. The fourth-order valence-electron chi connectivity index (χ4n) is 1.86. The minimum Gasteiger partial charge on any atom is -0.508 e. The Hall–Kier alpha value is -1.87. The summed E-state index contributed by atoms with van der Waals surface area (Å²) in [6.45, 7) is 4.71. The zero-order valence-corrected chi connectivity index (χ0v) is 10.7. The van der Waals surface area contributed by atoms with Gasteiger partial charge in [-0.05, 0) is 32.0 Å². The molecule has 0 radical (unpaired) electrons. The van der Waals surface area contributed by atoms with E-state index in [9.17, 15) is 5.11 Å². The number of benzene rings is 1. The Morgan fingerprint density at radius 2 is 2.11 bits per heavy atom. The van der Waals surface area contributed by atoms with E-state index in [4.69, 9.17) is 0 Å². The van der Waals surface area contributed by atoms with Crippen molar-refractivity contribution in [3.8, 4) is 5.75 Å². The molecule has 2 N–H and O–H groups in total. The number of nitrogens with one attached hydrogen (secondary N) is 1. The quantitative estimate of drug-likeness (QED) is 0.866. The highest BCUT2D eigenvalue weighted by Gasteiger charge is 2.07. The maximum Gasteiger partial charge on any atom is 0.120 e. The molecule has 3 heteroatoms. The van der Waals surface area contributed by atoms with Crippen molar-refractivity contribution in [3.05, 3.63) is 59.4 Å². The number of aromatic hydroxyl groups is 1. The Morgan fingerprint density at radius 1 is 1.28 bits per heavy atom. The minimum atomic E-state index is 0.158. The van der Waals surface area contributed by atoms with Gasteiger partial charge < -0.3 is 10.4 Å². The first kappa shape index (κ1) is 12.6. The van der Waals surface area contributed by atoms with Gasteiger partial charge in [-0.15, -0.1) is 0 Å². The number of rotatable bonds is 4. The molecule has 2 aromatic rings. The van der Waals surface area contributed by atoms with E-state index >= 15 is 0 Å². The van der Waals surface area contributed by atoms with Crippen LogP contribution >= 0.6 is 0 Å². The summed E-state index contributed by atoms with van der Waals surface area (Å²) < 4.78 is 0. The monoisotopic (exact) mass is 242 g/mol. The third-order valence-electron chi connectivity index (χ3n) is 2.97. The molecular formula is C15H18N2O. The van der Waals surface area contributed by atoms with Crippen molar-refractivity contribution in [2.75, 3.05) is 0 Å². The van der Waals surface area contributed by atoms with Crippen LogP contribution in [0.5, 0.6) is 5.75 Å². The van der Waals surface area contributed by atoms with Gasteiger partial charge in [0.15, 0.2) is 0 Å². The van der Waals surface area contributed by atoms with E-state index < -0.39 is 0 Å². The van der Waals surface area contributed by atoms with Crippen LogP contribution in [-0.2, 0) is 6.54 Å². The predicted octanol–water partition coefficient (Wildman–Crippen LogP) is 2.95. The van der Waals surface area contributed by atoms with Gasteiger partial charge in [0, 0.05) is 24.3 Å². The standard InChI is InChI=1S/C15H18N2O/c1-11-6-7-15(18)13(9-11)10-17-12(2)14-5-3-4-8-16-14/h3-9,12,17-18H,10H2,1-2H3/t12-/m0/s1. The lowest BCUT2D eigenvalue weighted by atomic mass is 10.1. The summed E-state index contributed by atoms with van der Waals surface area (Å²) in [5.74, 6) is 0.335. The Balaban J connectivity index is 2.01. The first-order chi connectivity index (χ1) is 8.66. The molecule has 1 aromatic carbocycles. The van der Waals surface area contributed by atoms with Crippen molar-refractivity contribution in [1.29, 1.82) is 0 Å². The minimum absolute atomic E-state index is 0.158. The van der Waals surface area contributed by atoms with Crippen LogP contribution in [0.2, 0.25) is 0 Å². The number of phenolic OH excluding ortho intramolecular Hbond substituents is 1. The molecule has 0 unspecified atom stereocenters. The summed E-state index contributed by atoms with van der Waals surface area (Å²) in [5, 5.41) is 13.1. The van der Waals surface area contributed by atoms with Crippen LogP contribution in [0.1, 0.15) is 29.8 Å². The van der Waals surface area contributed by atoms with E-state index in [2.05, 4.69) is 17.2 Å². The summed E-state index contributed by atoms with van der Waals surface area (Å²) in [4.78, 5) is 4.31. The third kappa shape index (κ3) is 3.08. The molecule has 0 spiro atoms. The van der Waals surface area contributed by atoms with E-state index in [0.717, 1.165) is 16.8 Å². The molecule has 0 fully saturated rings. The zero-order chi connectivity index (χ0) is 13.0.